The van der Waals surface area contributed by atoms with Crippen molar-refractivity contribution in [2.24, 2.45) is 0 Å². The number of amides is 1. The van der Waals surface area contributed by atoms with Gasteiger partial charge in [0.25, 0.3) is 0 Å². The lowest BCUT2D eigenvalue weighted by Gasteiger charge is -2.05. The third kappa shape index (κ3) is 3.13. The van der Waals surface area contributed by atoms with Gasteiger partial charge in [0.1, 0.15) is 5.69 Å². The Bertz CT molecular complexity index is 395. The van der Waals surface area contributed by atoms with E-state index in [2.05, 4.69) is 21.2 Å². The van der Waals surface area contributed by atoms with Crippen molar-refractivity contribution in [3.8, 4) is 0 Å². The van der Waals surface area contributed by atoms with E-state index in [-0.39, 0.29) is 4.47 Å². The van der Waals surface area contributed by atoms with Gasteiger partial charge in [-0.25, -0.2) is 8.78 Å². The fraction of sp³-hybridized carbons (Fsp3) is 0.100. The molecule has 5 heteroatoms. The Labute approximate surface area is 94.1 Å². The molecule has 0 spiro atoms. The molecule has 0 aliphatic carbocycles. The first-order valence-electron chi connectivity index (χ1n) is 4.13. The van der Waals surface area contributed by atoms with Crippen LogP contribution in [0.3, 0.4) is 0 Å². The quantitative estimate of drug-likeness (QED) is 0.825. The van der Waals surface area contributed by atoms with Crippen LogP contribution in [-0.4, -0.2) is 5.91 Å². The molecule has 0 heterocycles. The van der Waals surface area contributed by atoms with E-state index in [9.17, 15) is 13.6 Å². The monoisotopic (exact) mass is 275 g/mol. The molecular formula is C10H8BrF2NO. The van der Waals surface area contributed by atoms with Gasteiger partial charge in [0.05, 0.1) is 0 Å². The number of anilines is 1. The molecule has 0 aliphatic heterocycles. The predicted molar refractivity (Wildman–Crippen MR) is 57.5 cm³/mol. The standard InChI is InChI=1S/C10H8BrF2NO/c1-2-3-9(15)14-10-7(12)4-6(11)5-8(10)13/h2-5H,1H3,(H,14,15). The lowest BCUT2D eigenvalue weighted by molar-refractivity contribution is -0.112. The van der Waals surface area contributed by atoms with E-state index in [4.69, 9.17) is 0 Å². The summed E-state index contributed by atoms with van der Waals surface area (Å²) in [5, 5.41) is 2.11. The minimum Gasteiger partial charge on any atom is -0.318 e. The lowest BCUT2D eigenvalue weighted by atomic mass is 10.3. The molecule has 15 heavy (non-hydrogen) atoms. The second-order valence-electron chi connectivity index (χ2n) is 2.73. The Morgan fingerprint density at radius 1 is 1.40 bits per heavy atom. The van der Waals surface area contributed by atoms with Crippen LogP contribution in [0.2, 0.25) is 0 Å². The summed E-state index contributed by atoms with van der Waals surface area (Å²) in [5.74, 6) is -2.21. The average molecular weight is 276 g/mol. The van der Waals surface area contributed by atoms with Crippen LogP contribution in [0.15, 0.2) is 28.8 Å². The van der Waals surface area contributed by atoms with Crippen LogP contribution in [0.5, 0.6) is 0 Å². The molecule has 1 aromatic carbocycles. The number of hydrogen-bond acceptors (Lipinski definition) is 1. The first-order valence-corrected chi connectivity index (χ1v) is 4.92. The van der Waals surface area contributed by atoms with Gasteiger partial charge in [-0.05, 0) is 25.1 Å². The number of carbonyl (C=O) groups excluding carboxylic acids is 1. The molecule has 0 atom stereocenters. The van der Waals surface area contributed by atoms with Crippen LogP contribution >= 0.6 is 15.9 Å². The number of hydrogen-bond donors (Lipinski definition) is 1. The molecule has 0 aliphatic rings. The molecule has 0 saturated heterocycles. The van der Waals surface area contributed by atoms with Crippen LogP contribution in [0, 0.1) is 11.6 Å². The van der Waals surface area contributed by atoms with E-state index in [1.165, 1.54) is 12.2 Å². The average Bonchev–Trinajstić information content (AvgIpc) is 2.11. The summed E-state index contributed by atoms with van der Waals surface area (Å²) >= 11 is 2.94. The van der Waals surface area contributed by atoms with Crippen molar-refractivity contribution in [1.29, 1.82) is 0 Å². The highest BCUT2D eigenvalue weighted by atomic mass is 79.9. The van der Waals surface area contributed by atoms with Crippen LogP contribution in [0.1, 0.15) is 6.92 Å². The number of nitrogens with one attached hydrogen (secondary N) is 1. The summed E-state index contributed by atoms with van der Waals surface area (Å²) in [6.45, 7) is 1.63. The summed E-state index contributed by atoms with van der Waals surface area (Å²) < 4.78 is 26.7. The number of allylic oxidation sites excluding steroid dienone is 1. The maximum absolute atomic E-state index is 13.2. The van der Waals surface area contributed by atoms with Crippen LogP contribution in [0.4, 0.5) is 14.5 Å². The molecule has 0 radical (unpaired) electrons. The minimum absolute atomic E-state index is 0.279. The zero-order chi connectivity index (χ0) is 11.4. The zero-order valence-electron chi connectivity index (χ0n) is 7.85. The second kappa shape index (κ2) is 5.02. The van der Waals surface area contributed by atoms with Gasteiger partial charge < -0.3 is 5.32 Å². The fourth-order valence-electron chi connectivity index (χ4n) is 0.978. The number of rotatable bonds is 2. The first kappa shape index (κ1) is 11.8. The van der Waals surface area contributed by atoms with Gasteiger partial charge in [0.2, 0.25) is 5.91 Å². The van der Waals surface area contributed by atoms with Gasteiger partial charge in [-0.1, -0.05) is 22.0 Å². The van der Waals surface area contributed by atoms with E-state index in [1.807, 2.05) is 0 Å². The van der Waals surface area contributed by atoms with E-state index >= 15 is 0 Å². The van der Waals surface area contributed by atoms with E-state index in [0.29, 0.717) is 0 Å². The molecule has 0 aromatic heterocycles. The van der Waals surface area contributed by atoms with Crippen molar-refractivity contribution in [3.05, 3.63) is 40.4 Å². The van der Waals surface area contributed by atoms with E-state index < -0.39 is 23.2 Å². The summed E-state index contributed by atoms with van der Waals surface area (Å²) in [6.07, 6.45) is 2.66. The summed E-state index contributed by atoms with van der Waals surface area (Å²) in [7, 11) is 0. The molecule has 0 saturated carbocycles. The van der Waals surface area contributed by atoms with Crippen LogP contribution in [0.25, 0.3) is 0 Å². The summed E-state index contributed by atoms with van der Waals surface area (Å²) in [5.41, 5.74) is -0.443. The van der Waals surface area contributed by atoms with Crippen molar-refractivity contribution >= 4 is 27.5 Å². The van der Waals surface area contributed by atoms with Gasteiger partial charge in [-0.2, -0.15) is 0 Å². The Morgan fingerprint density at radius 2 is 1.93 bits per heavy atom. The smallest absolute Gasteiger partial charge is 0.248 e. The maximum atomic E-state index is 13.2. The van der Waals surface area contributed by atoms with E-state index in [0.717, 1.165) is 12.1 Å². The topological polar surface area (TPSA) is 29.1 Å². The maximum Gasteiger partial charge on any atom is 0.248 e. The third-order valence-electron chi connectivity index (χ3n) is 1.57. The molecule has 1 N–H and O–H groups in total. The Hall–Kier alpha value is -1.23. The zero-order valence-corrected chi connectivity index (χ0v) is 9.44. The normalized spacial score (nSPS) is 10.7. The van der Waals surface area contributed by atoms with Crippen molar-refractivity contribution in [2.45, 2.75) is 6.92 Å². The summed E-state index contributed by atoms with van der Waals surface area (Å²) in [4.78, 5) is 11.1. The number of halogens is 3. The van der Waals surface area contributed by atoms with E-state index in [1.54, 1.807) is 6.92 Å². The van der Waals surface area contributed by atoms with Crippen molar-refractivity contribution < 1.29 is 13.6 Å². The molecule has 1 aromatic rings. The molecule has 0 bridgehead atoms. The molecule has 0 fully saturated rings. The molecule has 2 nitrogen and oxygen atoms in total. The highest BCUT2D eigenvalue weighted by molar-refractivity contribution is 9.10. The Morgan fingerprint density at radius 3 is 2.40 bits per heavy atom. The van der Waals surface area contributed by atoms with Crippen LogP contribution in [-0.2, 0) is 4.79 Å². The minimum atomic E-state index is -0.820. The van der Waals surface area contributed by atoms with Gasteiger partial charge in [0.15, 0.2) is 11.6 Å². The number of carbonyl (C=O) groups is 1. The van der Waals surface area contributed by atoms with Gasteiger partial charge in [-0.3, -0.25) is 4.79 Å². The largest absolute Gasteiger partial charge is 0.318 e. The third-order valence-corrected chi connectivity index (χ3v) is 2.03. The first-order chi connectivity index (χ1) is 7.04. The number of benzene rings is 1. The molecule has 0 unspecified atom stereocenters. The predicted octanol–water partition coefficient (Wildman–Crippen LogP) is 3.24. The Balaban J connectivity index is 3.00. The summed E-state index contributed by atoms with van der Waals surface area (Å²) in [6, 6.07) is 2.16. The highest BCUT2D eigenvalue weighted by Gasteiger charge is 2.11. The van der Waals surface area contributed by atoms with Crippen LogP contribution < -0.4 is 5.32 Å². The molecule has 80 valence electrons. The lowest BCUT2D eigenvalue weighted by Crippen LogP contribution is -2.11. The van der Waals surface area contributed by atoms with Gasteiger partial charge in [0, 0.05) is 4.47 Å². The van der Waals surface area contributed by atoms with Crippen molar-refractivity contribution in [1.82, 2.24) is 0 Å². The second-order valence-corrected chi connectivity index (χ2v) is 3.65. The van der Waals surface area contributed by atoms with Gasteiger partial charge >= 0.3 is 0 Å². The molecular weight excluding hydrogens is 268 g/mol. The van der Waals surface area contributed by atoms with Crippen molar-refractivity contribution in [3.63, 3.8) is 0 Å². The molecule has 1 amide bonds. The fourth-order valence-corrected chi connectivity index (χ4v) is 1.38. The SMILES string of the molecule is CC=CC(=O)Nc1c(F)cc(Br)cc1F. The Kier molecular flexibility index (Phi) is 3.96. The van der Waals surface area contributed by atoms with Gasteiger partial charge in [-0.15, -0.1) is 0 Å². The highest BCUT2D eigenvalue weighted by Crippen LogP contribution is 2.23. The molecule has 1 rings (SSSR count). The van der Waals surface area contributed by atoms with Crippen molar-refractivity contribution in [2.75, 3.05) is 5.32 Å².